The second kappa shape index (κ2) is 7.09. The van der Waals surface area contributed by atoms with Crippen LogP contribution in [0.1, 0.15) is 15.9 Å². The summed E-state index contributed by atoms with van der Waals surface area (Å²) in [5, 5.41) is 13.9. The summed E-state index contributed by atoms with van der Waals surface area (Å²) in [5.41, 5.74) is 0.824. The predicted molar refractivity (Wildman–Crippen MR) is 95.4 cm³/mol. The highest BCUT2D eigenvalue weighted by atomic mass is 35.5. The lowest BCUT2D eigenvalue weighted by molar-refractivity contribution is -0.138. The lowest BCUT2D eigenvalue weighted by atomic mass is 9.86. The molecule has 0 radical (unpaired) electrons. The van der Waals surface area contributed by atoms with E-state index in [9.17, 15) is 19.1 Å². The van der Waals surface area contributed by atoms with Crippen LogP contribution < -0.4 is 0 Å². The van der Waals surface area contributed by atoms with Gasteiger partial charge >= 0.3 is 5.97 Å². The number of hydrogen-bond acceptors (Lipinski definition) is 3. The Labute approximate surface area is 153 Å². The van der Waals surface area contributed by atoms with E-state index < -0.39 is 23.5 Å². The van der Waals surface area contributed by atoms with E-state index >= 15 is 0 Å². The Morgan fingerprint density at radius 3 is 2.58 bits per heavy atom. The summed E-state index contributed by atoms with van der Waals surface area (Å²) in [5.74, 6) is -3.76. The molecule has 1 aliphatic carbocycles. The molecule has 3 rings (SSSR count). The van der Waals surface area contributed by atoms with E-state index in [1.165, 1.54) is 29.2 Å². The number of halogens is 2. The topological polar surface area (TPSA) is 72.2 Å². The number of hydrogen-bond donors (Lipinski definition) is 1. The van der Waals surface area contributed by atoms with Crippen molar-refractivity contribution in [3.05, 3.63) is 81.9 Å². The fourth-order valence-electron chi connectivity index (χ4n) is 2.63. The number of carbonyl (C=O) groups is 2. The first-order chi connectivity index (χ1) is 12.3. The molecule has 132 valence electrons. The molecule has 5 nitrogen and oxygen atoms in total. The molecule has 0 aliphatic heterocycles. The van der Waals surface area contributed by atoms with E-state index in [0.717, 1.165) is 6.08 Å². The minimum absolute atomic E-state index is 0.0174. The lowest BCUT2D eigenvalue weighted by Gasteiger charge is -2.18. The number of ketones is 1. The molecule has 7 heteroatoms. The van der Waals surface area contributed by atoms with Crippen molar-refractivity contribution in [3.8, 4) is 0 Å². The third kappa shape index (κ3) is 3.65. The molecule has 0 amide bonds. The monoisotopic (exact) mass is 372 g/mol. The van der Waals surface area contributed by atoms with Crippen molar-refractivity contribution < 1.29 is 19.1 Å². The average molecular weight is 373 g/mol. The highest BCUT2D eigenvalue weighted by molar-refractivity contribution is 6.30. The summed E-state index contributed by atoms with van der Waals surface area (Å²) in [6.45, 7) is 0. The Bertz CT molecular complexity index is 971. The maximum absolute atomic E-state index is 14.6. The summed E-state index contributed by atoms with van der Waals surface area (Å²) in [6, 6.07) is 6.56. The Balaban J connectivity index is 1.99. The molecular weight excluding hydrogens is 359 g/mol. The summed E-state index contributed by atoms with van der Waals surface area (Å²) in [7, 11) is 1.65. The summed E-state index contributed by atoms with van der Waals surface area (Å²) >= 11 is 5.82. The van der Waals surface area contributed by atoms with E-state index in [2.05, 4.69) is 5.10 Å². The van der Waals surface area contributed by atoms with Crippen LogP contribution in [0.2, 0.25) is 5.02 Å². The number of aromatic nitrogens is 2. The third-order valence-corrected chi connectivity index (χ3v) is 4.18. The smallest absolute Gasteiger partial charge is 0.315 e. The standard InChI is InChI=1S/C19H14ClFN2O3/c1-23-10-13(9-22-23)18(24)12-7-16(19(25)26)15(17(21)8-12)6-11-2-4-14(20)5-3-11/h2-10,16H,1H3,(H,25,26). The Morgan fingerprint density at radius 2 is 2.00 bits per heavy atom. The number of allylic oxidation sites excluding steroid dienone is 3. The molecule has 0 spiro atoms. The predicted octanol–water partition coefficient (Wildman–Crippen LogP) is 3.83. The molecule has 1 aromatic heterocycles. The molecule has 1 aromatic carbocycles. The van der Waals surface area contributed by atoms with E-state index in [0.29, 0.717) is 10.6 Å². The second-order valence-electron chi connectivity index (χ2n) is 5.81. The van der Waals surface area contributed by atoms with Crippen molar-refractivity contribution in [2.45, 2.75) is 0 Å². The van der Waals surface area contributed by atoms with Crippen molar-refractivity contribution in [1.29, 1.82) is 0 Å². The molecule has 26 heavy (non-hydrogen) atoms. The molecule has 1 N–H and O–H groups in total. The molecule has 0 bridgehead atoms. The number of carboxylic acids is 1. The zero-order valence-electron chi connectivity index (χ0n) is 13.7. The van der Waals surface area contributed by atoms with Gasteiger partial charge in [0, 0.05) is 29.4 Å². The van der Waals surface area contributed by atoms with Gasteiger partial charge in [-0.15, -0.1) is 0 Å². The minimum atomic E-state index is -1.27. The van der Waals surface area contributed by atoms with Gasteiger partial charge in [-0.2, -0.15) is 5.10 Å². The molecular formula is C19H14ClFN2O3. The van der Waals surface area contributed by atoms with E-state index in [1.807, 2.05) is 0 Å². The molecule has 1 unspecified atom stereocenters. The SMILES string of the molecule is Cn1cc(C(=O)C2=CC(C(=O)O)C(=Cc3ccc(Cl)cc3)C(F)=C2)cn1. The number of carbonyl (C=O) groups excluding carboxylic acids is 1. The van der Waals surface area contributed by atoms with Gasteiger partial charge < -0.3 is 5.11 Å². The van der Waals surface area contributed by atoms with Crippen LogP contribution in [0.3, 0.4) is 0 Å². The first-order valence-electron chi connectivity index (χ1n) is 7.68. The van der Waals surface area contributed by atoms with Crippen molar-refractivity contribution >= 4 is 29.4 Å². The van der Waals surface area contributed by atoms with Crippen molar-refractivity contribution in [2.75, 3.05) is 0 Å². The summed E-state index contributed by atoms with van der Waals surface area (Å²) in [6.07, 6.45) is 6.58. The van der Waals surface area contributed by atoms with Crippen LogP contribution in [0, 0.1) is 5.92 Å². The summed E-state index contributed by atoms with van der Waals surface area (Å²) < 4.78 is 16.1. The number of rotatable bonds is 4. The van der Waals surface area contributed by atoms with Gasteiger partial charge in [-0.05, 0) is 29.8 Å². The highest BCUT2D eigenvalue weighted by Crippen LogP contribution is 2.33. The molecule has 1 atom stereocenters. The van der Waals surface area contributed by atoms with E-state index in [-0.39, 0.29) is 16.7 Å². The van der Waals surface area contributed by atoms with Gasteiger partial charge in [-0.3, -0.25) is 14.3 Å². The van der Waals surface area contributed by atoms with Crippen LogP contribution in [0.5, 0.6) is 0 Å². The van der Waals surface area contributed by atoms with E-state index in [4.69, 9.17) is 11.6 Å². The fraction of sp³-hybridized carbons (Fsp3) is 0.105. The van der Waals surface area contributed by atoms with Gasteiger partial charge in [0.15, 0.2) is 5.78 Å². The fourth-order valence-corrected chi connectivity index (χ4v) is 2.76. The number of benzene rings is 1. The van der Waals surface area contributed by atoms with Gasteiger partial charge in [0.2, 0.25) is 0 Å². The maximum atomic E-state index is 14.6. The molecule has 1 heterocycles. The van der Waals surface area contributed by atoms with Crippen LogP contribution in [-0.4, -0.2) is 26.6 Å². The van der Waals surface area contributed by atoms with Gasteiger partial charge in [0.1, 0.15) is 11.7 Å². The van der Waals surface area contributed by atoms with Gasteiger partial charge in [0.05, 0.1) is 11.8 Å². The quantitative estimate of drug-likeness (QED) is 0.828. The highest BCUT2D eigenvalue weighted by Gasteiger charge is 2.30. The molecule has 0 fully saturated rings. The Morgan fingerprint density at radius 1 is 1.31 bits per heavy atom. The zero-order chi connectivity index (χ0) is 18.8. The second-order valence-corrected chi connectivity index (χ2v) is 6.25. The normalized spacial score (nSPS) is 18.4. The van der Waals surface area contributed by atoms with Gasteiger partial charge in [-0.1, -0.05) is 29.8 Å². The van der Waals surface area contributed by atoms with Crippen LogP contribution in [0.25, 0.3) is 6.08 Å². The van der Waals surface area contributed by atoms with Gasteiger partial charge in [0.25, 0.3) is 0 Å². The number of carboxylic acid groups (broad SMARTS) is 1. The Kier molecular flexibility index (Phi) is 4.86. The molecule has 2 aromatic rings. The van der Waals surface area contributed by atoms with Crippen molar-refractivity contribution in [1.82, 2.24) is 9.78 Å². The Hall–Kier alpha value is -2.99. The van der Waals surface area contributed by atoms with Crippen LogP contribution in [0.15, 0.2) is 65.8 Å². The van der Waals surface area contributed by atoms with Crippen molar-refractivity contribution in [2.24, 2.45) is 13.0 Å². The first kappa shape index (κ1) is 17.8. The van der Waals surface area contributed by atoms with Crippen LogP contribution in [-0.2, 0) is 11.8 Å². The lowest BCUT2D eigenvalue weighted by Crippen LogP contribution is -2.19. The number of nitrogens with zero attached hydrogens (tertiary/aromatic N) is 2. The molecule has 0 saturated heterocycles. The summed E-state index contributed by atoms with van der Waals surface area (Å²) in [4.78, 5) is 24.1. The minimum Gasteiger partial charge on any atom is -0.481 e. The van der Waals surface area contributed by atoms with Gasteiger partial charge in [-0.25, -0.2) is 4.39 Å². The largest absolute Gasteiger partial charge is 0.481 e. The van der Waals surface area contributed by atoms with E-state index in [1.54, 1.807) is 31.3 Å². The number of aryl methyl sites for hydroxylation is 1. The zero-order valence-corrected chi connectivity index (χ0v) is 14.4. The maximum Gasteiger partial charge on any atom is 0.315 e. The van der Waals surface area contributed by atoms with Crippen molar-refractivity contribution in [3.63, 3.8) is 0 Å². The first-order valence-corrected chi connectivity index (χ1v) is 8.05. The molecule has 0 saturated carbocycles. The average Bonchev–Trinajstić information content (AvgIpc) is 3.03. The number of aliphatic carboxylic acids is 1. The van der Waals surface area contributed by atoms with Crippen LogP contribution >= 0.6 is 11.6 Å². The third-order valence-electron chi connectivity index (χ3n) is 3.93. The van der Waals surface area contributed by atoms with Crippen LogP contribution in [0.4, 0.5) is 4.39 Å². The molecule has 1 aliphatic rings. The number of Topliss-reactive ketones (excluding diaryl/α,β-unsaturated/α-hetero) is 1.